The second-order valence-electron chi connectivity index (χ2n) is 3.10. The molecule has 0 aromatic heterocycles. The van der Waals surface area contributed by atoms with Gasteiger partial charge in [-0.3, -0.25) is 0 Å². The van der Waals surface area contributed by atoms with Crippen molar-refractivity contribution < 1.29 is 29.7 Å². The van der Waals surface area contributed by atoms with Gasteiger partial charge in [-0.25, -0.2) is 14.4 Å². The van der Waals surface area contributed by atoms with Gasteiger partial charge in [0.1, 0.15) is 0 Å². The van der Waals surface area contributed by atoms with Gasteiger partial charge in [0.15, 0.2) is 0 Å². The molecule has 0 radical (unpaired) electrons. The molecule has 3 N–H and O–H groups in total. The number of rotatable bonds is 3. The van der Waals surface area contributed by atoms with Gasteiger partial charge >= 0.3 is 47.5 Å². The Kier molecular flexibility index (Phi) is 5.34. The van der Waals surface area contributed by atoms with Gasteiger partial charge in [-0.2, -0.15) is 0 Å². The summed E-state index contributed by atoms with van der Waals surface area (Å²) in [5, 5.41) is 26.4. The molecular weight excluding hydrogens is 239 g/mol. The third-order valence-electron chi connectivity index (χ3n) is 2.07. The fourth-order valence-electron chi connectivity index (χ4n) is 1.38. The van der Waals surface area contributed by atoms with Crippen LogP contribution < -0.4 is 0 Å². The van der Waals surface area contributed by atoms with E-state index in [2.05, 4.69) is 0 Å². The van der Waals surface area contributed by atoms with E-state index in [9.17, 15) is 14.4 Å². The summed E-state index contributed by atoms with van der Waals surface area (Å²) in [4.78, 5) is 32.5. The maximum absolute atomic E-state index is 10.9. The molecule has 6 nitrogen and oxygen atoms in total. The summed E-state index contributed by atoms with van der Waals surface area (Å²) in [5.74, 6) is -4.50. The van der Waals surface area contributed by atoms with Crippen molar-refractivity contribution >= 4 is 47.5 Å². The van der Waals surface area contributed by atoms with Crippen molar-refractivity contribution in [1.29, 1.82) is 0 Å². The summed E-state index contributed by atoms with van der Waals surface area (Å²) in [6, 6.07) is 2.34. The number of hydrogen-bond acceptors (Lipinski definition) is 3. The van der Waals surface area contributed by atoms with Crippen molar-refractivity contribution in [3.63, 3.8) is 0 Å². The van der Waals surface area contributed by atoms with E-state index in [1.165, 1.54) is 13.0 Å². The SMILES string of the molecule is Cc1ccc(C(=O)O)c(C(=O)O)c1C(=O)O.[NaH]. The van der Waals surface area contributed by atoms with Gasteiger partial charge in [0, 0.05) is 0 Å². The molecule has 0 heterocycles. The van der Waals surface area contributed by atoms with Crippen LogP contribution in [-0.2, 0) is 0 Å². The van der Waals surface area contributed by atoms with Crippen LogP contribution in [0.25, 0.3) is 0 Å². The fraction of sp³-hybridized carbons (Fsp3) is 0.100. The molecule has 0 aliphatic rings. The number of aryl methyl sites for hydroxylation is 1. The van der Waals surface area contributed by atoms with E-state index in [0.717, 1.165) is 6.07 Å². The van der Waals surface area contributed by atoms with E-state index in [1.54, 1.807) is 0 Å². The van der Waals surface area contributed by atoms with Crippen LogP contribution in [0.2, 0.25) is 0 Å². The van der Waals surface area contributed by atoms with Gasteiger partial charge in [-0.05, 0) is 18.6 Å². The molecule has 0 atom stereocenters. The first kappa shape index (κ1) is 15.6. The molecule has 0 aliphatic carbocycles. The van der Waals surface area contributed by atoms with Gasteiger partial charge in [-0.1, -0.05) is 6.07 Å². The van der Waals surface area contributed by atoms with Crippen molar-refractivity contribution in [3.8, 4) is 0 Å². The molecule has 7 heteroatoms. The van der Waals surface area contributed by atoms with Crippen LogP contribution in [0.15, 0.2) is 12.1 Å². The molecule has 0 spiro atoms. The van der Waals surface area contributed by atoms with Crippen LogP contribution in [0.5, 0.6) is 0 Å². The molecule has 0 bridgehead atoms. The van der Waals surface area contributed by atoms with E-state index in [1.807, 2.05) is 0 Å². The predicted molar refractivity (Wildman–Crippen MR) is 59.2 cm³/mol. The van der Waals surface area contributed by atoms with Gasteiger partial charge in [0.2, 0.25) is 0 Å². The zero-order chi connectivity index (χ0) is 12.5. The molecule has 0 saturated heterocycles. The number of carboxylic acids is 3. The summed E-state index contributed by atoms with van der Waals surface area (Å²) >= 11 is 0. The third kappa shape index (κ3) is 3.06. The first-order valence-electron chi connectivity index (χ1n) is 4.19. The van der Waals surface area contributed by atoms with Crippen molar-refractivity contribution in [2.24, 2.45) is 0 Å². The molecule has 0 fully saturated rings. The Labute approximate surface area is 118 Å². The maximum atomic E-state index is 10.9. The quantitative estimate of drug-likeness (QED) is 0.669. The van der Waals surface area contributed by atoms with E-state index < -0.39 is 34.6 Å². The fourth-order valence-corrected chi connectivity index (χ4v) is 1.38. The standard InChI is InChI=1S/C10H8O6.Na.H/c1-4-2-3-5(8(11)12)7(10(15)16)6(4)9(13)14;;/h2-3H,1H3,(H,11,12)(H,13,14)(H,15,16);;. The molecular formula is C10H9NaO6. The van der Waals surface area contributed by atoms with Crippen molar-refractivity contribution in [2.45, 2.75) is 6.92 Å². The number of carboxylic acid groups (broad SMARTS) is 3. The Balaban J connectivity index is 0.00000256. The van der Waals surface area contributed by atoms with Crippen molar-refractivity contribution in [1.82, 2.24) is 0 Å². The van der Waals surface area contributed by atoms with Crippen molar-refractivity contribution in [2.75, 3.05) is 0 Å². The van der Waals surface area contributed by atoms with Crippen LogP contribution in [-0.4, -0.2) is 62.8 Å². The van der Waals surface area contributed by atoms with Crippen LogP contribution in [0.3, 0.4) is 0 Å². The average Bonchev–Trinajstić information content (AvgIpc) is 2.15. The van der Waals surface area contributed by atoms with E-state index in [0.29, 0.717) is 0 Å². The summed E-state index contributed by atoms with van der Waals surface area (Å²) < 4.78 is 0. The van der Waals surface area contributed by atoms with Gasteiger partial charge < -0.3 is 15.3 Å². The Bertz CT molecular complexity index is 494. The molecule has 1 rings (SSSR count). The summed E-state index contributed by atoms with van der Waals surface area (Å²) in [7, 11) is 0. The molecule has 0 unspecified atom stereocenters. The Hall–Kier alpha value is -1.37. The molecule has 17 heavy (non-hydrogen) atoms. The second-order valence-corrected chi connectivity index (χ2v) is 3.10. The minimum absolute atomic E-state index is 0. The van der Waals surface area contributed by atoms with Crippen LogP contribution >= 0.6 is 0 Å². The van der Waals surface area contributed by atoms with Crippen LogP contribution in [0.4, 0.5) is 0 Å². The minimum atomic E-state index is -1.57. The van der Waals surface area contributed by atoms with E-state index in [4.69, 9.17) is 15.3 Å². The van der Waals surface area contributed by atoms with Crippen LogP contribution in [0.1, 0.15) is 36.6 Å². The van der Waals surface area contributed by atoms with Gasteiger partial charge in [0.25, 0.3) is 0 Å². The second kappa shape index (κ2) is 5.81. The Morgan fingerprint density at radius 1 is 0.882 bits per heavy atom. The van der Waals surface area contributed by atoms with Gasteiger partial charge in [-0.15, -0.1) is 0 Å². The zero-order valence-corrected chi connectivity index (χ0v) is 8.22. The summed E-state index contributed by atoms with van der Waals surface area (Å²) in [6.07, 6.45) is 0. The molecule has 0 amide bonds. The number of hydrogen-bond donors (Lipinski definition) is 3. The van der Waals surface area contributed by atoms with Gasteiger partial charge in [0.05, 0.1) is 16.7 Å². The number of aromatic carboxylic acids is 3. The first-order chi connectivity index (χ1) is 7.36. The number of carbonyl (C=O) groups is 3. The van der Waals surface area contributed by atoms with E-state index >= 15 is 0 Å². The average molecular weight is 248 g/mol. The van der Waals surface area contributed by atoms with Crippen LogP contribution in [0, 0.1) is 6.92 Å². The predicted octanol–water partition coefficient (Wildman–Crippen LogP) is 0.441. The Morgan fingerprint density at radius 3 is 1.71 bits per heavy atom. The molecule has 86 valence electrons. The third-order valence-corrected chi connectivity index (χ3v) is 2.07. The molecule has 1 aromatic rings. The zero-order valence-electron chi connectivity index (χ0n) is 8.22. The van der Waals surface area contributed by atoms with Crippen molar-refractivity contribution in [3.05, 3.63) is 34.4 Å². The monoisotopic (exact) mass is 248 g/mol. The summed E-state index contributed by atoms with van der Waals surface area (Å²) in [6.45, 7) is 1.40. The molecule has 0 saturated carbocycles. The summed E-state index contributed by atoms with van der Waals surface area (Å²) in [5.41, 5.74) is -1.52. The number of benzene rings is 1. The Morgan fingerprint density at radius 2 is 1.35 bits per heavy atom. The van der Waals surface area contributed by atoms with E-state index in [-0.39, 0.29) is 35.1 Å². The molecule has 0 aliphatic heterocycles. The molecule has 1 aromatic carbocycles. The normalized spacial score (nSPS) is 9.24. The topological polar surface area (TPSA) is 112 Å². The first-order valence-corrected chi connectivity index (χ1v) is 4.19.